The molecule has 104 valence electrons. The molecule has 0 spiro atoms. The summed E-state index contributed by atoms with van der Waals surface area (Å²) in [5.41, 5.74) is -0.347. The van der Waals surface area contributed by atoms with E-state index in [-0.39, 0.29) is 6.54 Å². The van der Waals surface area contributed by atoms with Gasteiger partial charge in [0.2, 0.25) is 0 Å². The molecule has 0 saturated carbocycles. The number of carbonyl (C=O) groups excluding carboxylic acids is 1. The molecule has 6 heteroatoms. The van der Waals surface area contributed by atoms with Crippen LogP contribution in [0.25, 0.3) is 0 Å². The molecule has 0 aliphatic heterocycles. The van der Waals surface area contributed by atoms with E-state index in [0.717, 1.165) is 0 Å². The van der Waals surface area contributed by atoms with Crippen molar-refractivity contribution in [2.75, 3.05) is 11.9 Å². The van der Waals surface area contributed by atoms with E-state index in [9.17, 15) is 14.7 Å². The van der Waals surface area contributed by atoms with E-state index < -0.39 is 17.4 Å². The quantitative estimate of drug-likeness (QED) is 0.734. The number of rotatable bonds is 6. The largest absolute Gasteiger partial charge is 0.481 e. The van der Waals surface area contributed by atoms with Crippen LogP contribution in [0.5, 0.6) is 0 Å². The maximum atomic E-state index is 11.7. The highest BCUT2D eigenvalue weighted by Gasteiger charge is 2.35. The van der Waals surface area contributed by atoms with Gasteiger partial charge in [-0.15, -0.1) is 0 Å². The number of aliphatic carboxylic acids is 1. The van der Waals surface area contributed by atoms with Crippen LogP contribution < -0.4 is 10.6 Å². The van der Waals surface area contributed by atoms with Crippen LogP contribution in [-0.2, 0) is 4.79 Å². The molecular weight excluding hydrogens is 246 g/mol. The van der Waals surface area contributed by atoms with Gasteiger partial charge in [-0.2, -0.15) is 0 Å². The molecule has 1 aromatic heterocycles. The molecule has 0 fully saturated rings. The first-order chi connectivity index (χ1) is 9.04. The molecule has 0 aliphatic rings. The second-order valence-corrected chi connectivity index (χ2v) is 4.34. The number of nitrogens with zero attached hydrogens (tertiary/aromatic N) is 1. The van der Waals surface area contributed by atoms with E-state index in [1.165, 1.54) is 6.20 Å². The monoisotopic (exact) mass is 265 g/mol. The van der Waals surface area contributed by atoms with Crippen LogP contribution in [0.4, 0.5) is 10.5 Å². The third-order valence-electron chi connectivity index (χ3n) is 3.31. The Labute approximate surface area is 112 Å². The molecule has 0 bridgehead atoms. The Balaban J connectivity index is 2.56. The molecule has 3 N–H and O–H groups in total. The van der Waals surface area contributed by atoms with Crippen molar-refractivity contribution in [2.45, 2.75) is 26.7 Å². The number of carbonyl (C=O) groups is 2. The normalized spacial score (nSPS) is 10.8. The van der Waals surface area contributed by atoms with E-state index >= 15 is 0 Å². The van der Waals surface area contributed by atoms with Gasteiger partial charge in [-0.25, -0.2) is 4.79 Å². The zero-order chi connectivity index (χ0) is 14.3. The number of aromatic nitrogens is 1. The summed E-state index contributed by atoms with van der Waals surface area (Å²) in [6, 6.07) is 2.98. The van der Waals surface area contributed by atoms with Crippen LogP contribution in [0.15, 0.2) is 24.5 Å². The van der Waals surface area contributed by atoms with Crippen LogP contribution in [0.2, 0.25) is 0 Å². The molecule has 0 unspecified atom stereocenters. The van der Waals surface area contributed by atoms with Gasteiger partial charge in [-0.3, -0.25) is 9.78 Å². The number of hydrogen-bond acceptors (Lipinski definition) is 3. The molecule has 0 saturated heterocycles. The van der Waals surface area contributed by atoms with Gasteiger partial charge in [0.25, 0.3) is 0 Å². The summed E-state index contributed by atoms with van der Waals surface area (Å²) in [5, 5.41) is 14.4. The molecule has 1 heterocycles. The van der Waals surface area contributed by atoms with Crippen LogP contribution in [0.1, 0.15) is 26.7 Å². The summed E-state index contributed by atoms with van der Waals surface area (Å²) in [6.07, 6.45) is 4.05. The summed E-state index contributed by atoms with van der Waals surface area (Å²) in [5.74, 6) is -0.890. The number of urea groups is 1. The van der Waals surface area contributed by atoms with E-state index in [4.69, 9.17) is 0 Å². The summed E-state index contributed by atoms with van der Waals surface area (Å²) in [4.78, 5) is 26.8. The number of amides is 2. The molecule has 0 aliphatic carbocycles. The van der Waals surface area contributed by atoms with Crippen LogP contribution in [0, 0.1) is 5.41 Å². The summed E-state index contributed by atoms with van der Waals surface area (Å²) >= 11 is 0. The minimum Gasteiger partial charge on any atom is -0.481 e. The van der Waals surface area contributed by atoms with Crippen molar-refractivity contribution >= 4 is 17.7 Å². The van der Waals surface area contributed by atoms with Crippen molar-refractivity contribution in [1.82, 2.24) is 10.3 Å². The van der Waals surface area contributed by atoms with Gasteiger partial charge < -0.3 is 15.7 Å². The maximum Gasteiger partial charge on any atom is 0.319 e. The number of carboxylic acids is 1. The molecule has 0 aromatic carbocycles. The van der Waals surface area contributed by atoms with Crippen LogP contribution >= 0.6 is 0 Å². The lowest BCUT2D eigenvalue weighted by Gasteiger charge is -2.26. The Morgan fingerprint density at radius 1 is 1.37 bits per heavy atom. The SMILES string of the molecule is CCC(CC)(CNC(=O)Nc1cccnc1)C(=O)O. The molecule has 6 nitrogen and oxygen atoms in total. The Bertz CT molecular complexity index is 430. The number of anilines is 1. The van der Waals surface area contributed by atoms with Crippen molar-refractivity contribution in [3.05, 3.63) is 24.5 Å². The highest BCUT2D eigenvalue weighted by molar-refractivity contribution is 5.89. The lowest BCUT2D eigenvalue weighted by atomic mass is 9.82. The Morgan fingerprint density at radius 2 is 2.05 bits per heavy atom. The Kier molecular flexibility index (Phi) is 5.29. The molecule has 0 radical (unpaired) electrons. The van der Waals surface area contributed by atoms with Crippen molar-refractivity contribution < 1.29 is 14.7 Å². The molecule has 1 rings (SSSR count). The van der Waals surface area contributed by atoms with Gasteiger partial charge >= 0.3 is 12.0 Å². The van der Waals surface area contributed by atoms with Gasteiger partial charge in [0.05, 0.1) is 17.3 Å². The molecule has 1 aromatic rings. The van der Waals surface area contributed by atoms with Crippen molar-refractivity contribution in [1.29, 1.82) is 0 Å². The van der Waals surface area contributed by atoms with E-state index in [1.807, 2.05) is 0 Å². The number of nitrogens with one attached hydrogen (secondary N) is 2. The van der Waals surface area contributed by atoms with Crippen molar-refractivity contribution in [3.63, 3.8) is 0 Å². The highest BCUT2D eigenvalue weighted by atomic mass is 16.4. The van der Waals surface area contributed by atoms with Crippen molar-refractivity contribution in [2.24, 2.45) is 5.41 Å². The van der Waals surface area contributed by atoms with Gasteiger partial charge in [0, 0.05) is 12.7 Å². The van der Waals surface area contributed by atoms with E-state index in [2.05, 4.69) is 15.6 Å². The van der Waals surface area contributed by atoms with Gasteiger partial charge in [-0.05, 0) is 25.0 Å². The lowest BCUT2D eigenvalue weighted by molar-refractivity contribution is -0.149. The predicted octanol–water partition coefficient (Wildman–Crippen LogP) is 2.09. The number of pyridine rings is 1. The first kappa shape index (κ1) is 14.9. The maximum absolute atomic E-state index is 11.7. The summed E-state index contributed by atoms with van der Waals surface area (Å²) in [6.45, 7) is 3.71. The molecule has 2 amide bonds. The summed E-state index contributed by atoms with van der Waals surface area (Å²) < 4.78 is 0. The third-order valence-corrected chi connectivity index (χ3v) is 3.31. The van der Waals surface area contributed by atoms with Crippen LogP contribution in [0.3, 0.4) is 0 Å². The average Bonchev–Trinajstić information content (AvgIpc) is 2.41. The predicted molar refractivity (Wildman–Crippen MR) is 71.9 cm³/mol. The molecule has 19 heavy (non-hydrogen) atoms. The topological polar surface area (TPSA) is 91.3 Å². The average molecular weight is 265 g/mol. The standard InChI is InChI=1S/C13H19N3O3/c1-3-13(4-2,11(17)18)9-15-12(19)16-10-6-5-7-14-8-10/h5-8H,3-4,9H2,1-2H3,(H,17,18)(H2,15,16,19). The van der Waals surface area contributed by atoms with Gasteiger partial charge in [0.1, 0.15) is 0 Å². The second-order valence-electron chi connectivity index (χ2n) is 4.34. The zero-order valence-electron chi connectivity index (χ0n) is 11.1. The second kappa shape index (κ2) is 6.72. The van der Waals surface area contributed by atoms with E-state index in [0.29, 0.717) is 18.5 Å². The zero-order valence-corrected chi connectivity index (χ0v) is 11.1. The fourth-order valence-corrected chi connectivity index (χ4v) is 1.74. The Morgan fingerprint density at radius 3 is 2.53 bits per heavy atom. The fraction of sp³-hybridized carbons (Fsp3) is 0.462. The number of carboxylic acid groups (broad SMARTS) is 1. The smallest absolute Gasteiger partial charge is 0.319 e. The minimum absolute atomic E-state index is 0.0986. The highest BCUT2D eigenvalue weighted by Crippen LogP contribution is 2.25. The fourth-order valence-electron chi connectivity index (χ4n) is 1.74. The summed E-state index contributed by atoms with van der Waals surface area (Å²) in [7, 11) is 0. The molecule has 0 atom stereocenters. The lowest BCUT2D eigenvalue weighted by Crippen LogP contribution is -2.43. The van der Waals surface area contributed by atoms with Crippen molar-refractivity contribution in [3.8, 4) is 0 Å². The van der Waals surface area contributed by atoms with Gasteiger partial charge in [-0.1, -0.05) is 13.8 Å². The number of hydrogen-bond donors (Lipinski definition) is 3. The first-order valence-corrected chi connectivity index (χ1v) is 6.22. The Hall–Kier alpha value is -2.11. The third kappa shape index (κ3) is 3.94. The van der Waals surface area contributed by atoms with E-state index in [1.54, 1.807) is 32.2 Å². The first-order valence-electron chi connectivity index (χ1n) is 6.22. The minimum atomic E-state index is -0.910. The molecular formula is C13H19N3O3. The van der Waals surface area contributed by atoms with Gasteiger partial charge in [0.15, 0.2) is 0 Å². The van der Waals surface area contributed by atoms with Crippen LogP contribution in [-0.4, -0.2) is 28.6 Å².